The maximum atomic E-state index is 12.9. The zero-order chi connectivity index (χ0) is 11.5. The summed E-state index contributed by atoms with van der Waals surface area (Å²) in [6.07, 6.45) is 0. The van der Waals surface area contributed by atoms with Crippen molar-refractivity contribution in [3.8, 4) is 11.1 Å². The van der Waals surface area contributed by atoms with E-state index in [1.165, 1.54) is 0 Å². The van der Waals surface area contributed by atoms with Gasteiger partial charge < -0.3 is 0 Å². The molecule has 0 saturated carbocycles. The molecule has 0 fully saturated rings. The Kier molecular flexibility index (Phi) is 3.62. The van der Waals surface area contributed by atoms with Crippen molar-refractivity contribution in [2.45, 2.75) is 6.67 Å². The second-order valence-corrected chi connectivity index (χ2v) is 4.79. The summed E-state index contributed by atoms with van der Waals surface area (Å²) in [5.74, 6) is 0. The molecule has 0 radical (unpaired) electrons. The molecule has 0 aliphatic carbocycles. The zero-order valence-electron chi connectivity index (χ0n) is 8.38. The van der Waals surface area contributed by atoms with Gasteiger partial charge in [0.2, 0.25) is 0 Å². The van der Waals surface area contributed by atoms with E-state index in [2.05, 4.69) is 15.9 Å². The molecule has 16 heavy (non-hydrogen) atoms. The Morgan fingerprint density at radius 1 is 1.06 bits per heavy atom. The molecule has 0 unspecified atom stereocenters. The van der Waals surface area contributed by atoms with Crippen LogP contribution in [0.1, 0.15) is 5.56 Å². The van der Waals surface area contributed by atoms with Gasteiger partial charge in [-0.05, 0) is 41.0 Å². The first-order chi connectivity index (χ1) is 7.70. The average Bonchev–Trinajstić information content (AvgIpc) is 2.30. The maximum absolute atomic E-state index is 12.9. The van der Waals surface area contributed by atoms with E-state index in [-0.39, 0.29) is 0 Å². The van der Waals surface area contributed by atoms with Crippen LogP contribution >= 0.6 is 27.5 Å². The van der Waals surface area contributed by atoms with E-state index < -0.39 is 6.67 Å². The average molecular weight is 300 g/mol. The third-order valence-corrected chi connectivity index (χ3v) is 3.11. The van der Waals surface area contributed by atoms with Gasteiger partial charge in [0, 0.05) is 9.50 Å². The van der Waals surface area contributed by atoms with Gasteiger partial charge in [-0.1, -0.05) is 45.7 Å². The molecule has 0 heterocycles. The molecule has 3 heteroatoms. The van der Waals surface area contributed by atoms with Crippen molar-refractivity contribution in [1.82, 2.24) is 0 Å². The molecule has 2 rings (SSSR count). The van der Waals surface area contributed by atoms with E-state index in [9.17, 15) is 4.39 Å². The largest absolute Gasteiger partial charge is 0.246 e. The molecule has 0 saturated heterocycles. The molecule has 0 spiro atoms. The van der Waals surface area contributed by atoms with E-state index in [0.29, 0.717) is 10.6 Å². The van der Waals surface area contributed by atoms with Gasteiger partial charge in [-0.3, -0.25) is 0 Å². The standard InChI is InChI=1S/C13H9BrClF/c14-11-3-6-13(10(7-11)8-16)9-1-4-12(15)5-2-9/h1-7H,8H2. The van der Waals surface area contributed by atoms with Gasteiger partial charge in [0.15, 0.2) is 0 Å². The SMILES string of the molecule is FCc1cc(Br)ccc1-c1ccc(Cl)cc1. The van der Waals surface area contributed by atoms with Crippen molar-refractivity contribution in [2.75, 3.05) is 0 Å². The summed E-state index contributed by atoms with van der Waals surface area (Å²) < 4.78 is 13.8. The van der Waals surface area contributed by atoms with Crippen LogP contribution in [0.2, 0.25) is 5.02 Å². The summed E-state index contributed by atoms with van der Waals surface area (Å²) in [4.78, 5) is 0. The van der Waals surface area contributed by atoms with Crippen LogP contribution < -0.4 is 0 Å². The summed E-state index contributed by atoms with van der Waals surface area (Å²) in [5.41, 5.74) is 2.56. The van der Waals surface area contributed by atoms with Gasteiger partial charge in [0.05, 0.1) is 0 Å². The highest BCUT2D eigenvalue weighted by molar-refractivity contribution is 9.10. The Morgan fingerprint density at radius 3 is 2.38 bits per heavy atom. The fourth-order valence-electron chi connectivity index (χ4n) is 1.58. The van der Waals surface area contributed by atoms with Gasteiger partial charge in [-0.25, -0.2) is 4.39 Å². The highest BCUT2D eigenvalue weighted by Crippen LogP contribution is 2.28. The lowest BCUT2D eigenvalue weighted by Gasteiger charge is -2.07. The Hall–Kier alpha value is -0.860. The Balaban J connectivity index is 2.51. The minimum absolute atomic E-state index is 0.475. The van der Waals surface area contributed by atoms with Crippen molar-refractivity contribution in [1.29, 1.82) is 0 Å². The first kappa shape index (κ1) is 11.6. The molecule has 0 bridgehead atoms. The predicted molar refractivity (Wildman–Crippen MR) is 69.4 cm³/mol. The first-order valence-electron chi connectivity index (χ1n) is 4.81. The van der Waals surface area contributed by atoms with Crippen molar-refractivity contribution in [3.63, 3.8) is 0 Å². The molecule has 0 aromatic heterocycles. The lowest BCUT2D eigenvalue weighted by atomic mass is 10.0. The van der Waals surface area contributed by atoms with E-state index in [1.54, 1.807) is 18.2 Å². The van der Waals surface area contributed by atoms with Gasteiger partial charge in [-0.15, -0.1) is 0 Å². The quantitative estimate of drug-likeness (QED) is 0.711. The van der Waals surface area contributed by atoms with Crippen molar-refractivity contribution in [2.24, 2.45) is 0 Å². The number of hydrogen-bond acceptors (Lipinski definition) is 0. The second kappa shape index (κ2) is 4.98. The third kappa shape index (κ3) is 2.45. The number of hydrogen-bond donors (Lipinski definition) is 0. The fraction of sp³-hybridized carbons (Fsp3) is 0.0769. The Bertz CT molecular complexity index is 494. The van der Waals surface area contributed by atoms with E-state index >= 15 is 0 Å². The molecule has 0 aliphatic heterocycles. The maximum Gasteiger partial charge on any atom is 0.115 e. The highest BCUT2D eigenvalue weighted by atomic mass is 79.9. The molecule has 2 aromatic carbocycles. The van der Waals surface area contributed by atoms with Gasteiger partial charge in [-0.2, -0.15) is 0 Å². The molecular formula is C13H9BrClF. The zero-order valence-corrected chi connectivity index (χ0v) is 10.7. The minimum Gasteiger partial charge on any atom is -0.246 e. The van der Waals surface area contributed by atoms with Crippen molar-refractivity contribution < 1.29 is 4.39 Å². The van der Waals surface area contributed by atoms with Crippen molar-refractivity contribution >= 4 is 27.5 Å². The van der Waals surface area contributed by atoms with Gasteiger partial charge >= 0.3 is 0 Å². The van der Waals surface area contributed by atoms with Crippen LogP contribution in [0.5, 0.6) is 0 Å². The first-order valence-corrected chi connectivity index (χ1v) is 5.98. The highest BCUT2D eigenvalue weighted by Gasteiger charge is 2.05. The van der Waals surface area contributed by atoms with Gasteiger partial charge in [0.1, 0.15) is 6.67 Å². The molecule has 0 N–H and O–H groups in total. The number of halogens is 3. The fourth-order valence-corrected chi connectivity index (χ4v) is 2.12. The topological polar surface area (TPSA) is 0 Å². The predicted octanol–water partition coefficient (Wildman–Crippen LogP) is 5.24. The minimum atomic E-state index is -0.475. The molecule has 0 aliphatic rings. The molecule has 82 valence electrons. The number of alkyl halides is 1. The van der Waals surface area contributed by atoms with Crippen LogP contribution in [0.3, 0.4) is 0 Å². The van der Waals surface area contributed by atoms with Gasteiger partial charge in [0.25, 0.3) is 0 Å². The molecule has 0 amide bonds. The summed E-state index contributed by atoms with van der Waals surface area (Å²) in [6.45, 7) is -0.475. The molecular weight excluding hydrogens is 290 g/mol. The van der Waals surface area contributed by atoms with Crippen LogP contribution in [0.15, 0.2) is 46.9 Å². The number of benzene rings is 2. The Labute approximate surface area is 107 Å². The van der Waals surface area contributed by atoms with Crippen LogP contribution in [0.25, 0.3) is 11.1 Å². The molecule has 0 atom stereocenters. The lowest BCUT2D eigenvalue weighted by molar-refractivity contribution is 0.486. The molecule has 0 nitrogen and oxygen atoms in total. The van der Waals surface area contributed by atoms with E-state index in [4.69, 9.17) is 11.6 Å². The summed E-state index contributed by atoms with van der Waals surface area (Å²) in [5, 5.41) is 0.683. The van der Waals surface area contributed by atoms with Crippen LogP contribution in [-0.4, -0.2) is 0 Å². The third-order valence-electron chi connectivity index (χ3n) is 2.37. The van der Waals surface area contributed by atoms with E-state index in [0.717, 1.165) is 15.6 Å². The lowest BCUT2D eigenvalue weighted by Crippen LogP contribution is -1.86. The van der Waals surface area contributed by atoms with E-state index in [1.807, 2.05) is 24.3 Å². The number of rotatable bonds is 2. The van der Waals surface area contributed by atoms with Crippen LogP contribution in [0, 0.1) is 0 Å². The second-order valence-electron chi connectivity index (χ2n) is 3.44. The Morgan fingerprint density at radius 2 is 1.75 bits per heavy atom. The summed E-state index contributed by atoms with van der Waals surface area (Å²) in [6, 6.07) is 13.0. The van der Waals surface area contributed by atoms with Crippen molar-refractivity contribution in [3.05, 3.63) is 57.5 Å². The summed E-state index contributed by atoms with van der Waals surface area (Å²) in [7, 11) is 0. The summed E-state index contributed by atoms with van der Waals surface area (Å²) >= 11 is 9.15. The normalized spacial score (nSPS) is 10.4. The molecule has 2 aromatic rings. The smallest absolute Gasteiger partial charge is 0.115 e. The van der Waals surface area contributed by atoms with Crippen LogP contribution in [0.4, 0.5) is 4.39 Å². The monoisotopic (exact) mass is 298 g/mol. The van der Waals surface area contributed by atoms with Crippen LogP contribution in [-0.2, 0) is 6.67 Å².